The van der Waals surface area contributed by atoms with Crippen LogP contribution in [0.1, 0.15) is 46.5 Å². The highest BCUT2D eigenvalue weighted by Crippen LogP contribution is 2.58. The van der Waals surface area contributed by atoms with Gasteiger partial charge in [-0.05, 0) is 55.8 Å². The van der Waals surface area contributed by atoms with E-state index in [1.54, 1.807) is 14.2 Å². The van der Waals surface area contributed by atoms with Crippen LogP contribution in [0.25, 0.3) is 0 Å². The molecule has 4 atom stereocenters. The van der Waals surface area contributed by atoms with Gasteiger partial charge < -0.3 is 13.9 Å². The van der Waals surface area contributed by atoms with E-state index in [4.69, 9.17) is 13.9 Å². The monoisotopic (exact) mass is 366 g/mol. The van der Waals surface area contributed by atoms with Crippen LogP contribution in [0.15, 0.2) is 11.6 Å². The van der Waals surface area contributed by atoms with Gasteiger partial charge in [0.25, 0.3) is 0 Å². The summed E-state index contributed by atoms with van der Waals surface area (Å²) in [5, 5.41) is 0.182. The Balaban J connectivity index is 1.97. The highest BCUT2D eigenvalue weighted by atomic mass is 28.4. The topological polar surface area (TPSA) is 44.8 Å². The third kappa shape index (κ3) is 2.87. The first kappa shape index (κ1) is 19.3. The van der Waals surface area contributed by atoms with E-state index < -0.39 is 14.1 Å². The Morgan fingerprint density at radius 2 is 1.84 bits per heavy atom. The number of methoxy groups -OCH3 is 2. The molecule has 0 heterocycles. The lowest BCUT2D eigenvalue weighted by Crippen LogP contribution is -2.51. The zero-order valence-electron chi connectivity index (χ0n) is 16.8. The average molecular weight is 367 g/mol. The molecule has 0 aromatic carbocycles. The summed E-state index contributed by atoms with van der Waals surface area (Å²) in [5.41, 5.74) is 1.22. The fourth-order valence-corrected chi connectivity index (χ4v) is 6.35. The molecule has 0 spiro atoms. The van der Waals surface area contributed by atoms with Crippen molar-refractivity contribution in [3.8, 4) is 0 Å². The molecular formula is C20H34O4Si. The summed E-state index contributed by atoms with van der Waals surface area (Å²) in [6.45, 7) is 11.5. The summed E-state index contributed by atoms with van der Waals surface area (Å²) in [4.78, 5) is 12.7. The minimum absolute atomic E-state index is 0.141. The Morgan fingerprint density at radius 3 is 2.40 bits per heavy atom. The number of hydrogen-bond donors (Lipinski definition) is 0. The summed E-state index contributed by atoms with van der Waals surface area (Å²) in [6.07, 6.45) is 5.98. The number of carbonyl (C=O) groups excluding carboxylic acids is 1. The molecule has 25 heavy (non-hydrogen) atoms. The lowest BCUT2D eigenvalue weighted by molar-refractivity contribution is -0.247. The van der Waals surface area contributed by atoms with Crippen molar-refractivity contribution in [2.45, 2.75) is 76.5 Å². The van der Waals surface area contributed by atoms with E-state index in [9.17, 15) is 4.79 Å². The van der Waals surface area contributed by atoms with E-state index in [2.05, 4.69) is 33.9 Å². The Morgan fingerprint density at radius 1 is 1.20 bits per heavy atom. The lowest BCUT2D eigenvalue weighted by atomic mass is 9.78. The van der Waals surface area contributed by atoms with E-state index in [1.165, 1.54) is 5.57 Å². The zero-order valence-corrected chi connectivity index (χ0v) is 17.8. The second kappa shape index (κ2) is 6.29. The zero-order chi connectivity index (χ0) is 18.6. The number of hydrogen-bond acceptors (Lipinski definition) is 4. The van der Waals surface area contributed by atoms with Gasteiger partial charge in [0.2, 0.25) is 0 Å². The van der Waals surface area contributed by atoms with Gasteiger partial charge in [-0.3, -0.25) is 4.79 Å². The van der Waals surface area contributed by atoms with Crippen LogP contribution in [0.3, 0.4) is 0 Å². The Kier molecular flexibility index (Phi) is 4.85. The second-order valence-corrected chi connectivity index (χ2v) is 14.2. The Labute approximate surface area is 153 Å². The van der Waals surface area contributed by atoms with Gasteiger partial charge >= 0.3 is 0 Å². The van der Waals surface area contributed by atoms with Crippen molar-refractivity contribution in [3.63, 3.8) is 0 Å². The van der Waals surface area contributed by atoms with Crippen molar-refractivity contribution in [3.05, 3.63) is 11.6 Å². The molecule has 0 aliphatic heterocycles. The molecule has 3 aliphatic carbocycles. The molecule has 0 saturated heterocycles. The van der Waals surface area contributed by atoms with Gasteiger partial charge in [0.05, 0.1) is 5.92 Å². The van der Waals surface area contributed by atoms with E-state index in [0.29, 0.717) is 5.92 Å². The van der Waals surface area contributed by atoms with Crippen LogP contribution >= 0.6 is 0 Å². The third-order valence-corrected chi connectivity index (χ3v) is 11.8. The molecule has 3 rings (SSSR count). The first-order chi connectivity index (χ1) is 11.6. The molecular weight excluding hydrogens is 332 g/mol. The predicted molar refractivity (Wildman–Crippen MR) is 101 cm³/mol. The van der Waals surface area contributed by atoms with Crippen LogP contribution in [-0.2, 0) is 18.7 Å². The number of ether oxygens (including phenoxy) is 2. The quantitative estimate of drug-likeness (QED) is 0.549. The fraction of sp³-hybridized carbons (Fsp3) is 0.850. The number of fused-ring (bicyclic) bond motifs is 1. The van der Waals surface area contributed by atoms with Gasteiger partial charge in [-0.25, -0.2) is 0 Å². The first-order valence-corrected chi connectivity index (χ1v) is 12.5. The predicted octanol–water partition coefficient (Wildman–Crippen LogP) is 4.31. The normalized spacial score (nSPS) is 34.7. The summed E-state index contributed by atoms with van der Waals surface area (Å²) >= 11 is 0. The lowest BCUT2D eigenvalue weighted by Gasteiger charge is -2.43. The number of rotatable bonds is 4. The van der Waals surface area contributed by atoms with Crippen molar-refractivity contribution < 1.29 is 18.7 Å². The van der Waals surface area contributed by atoms with Crippen LogP contribution < -0.4 is 0 Å². The van der Waals surface area contributed by atoms with Gasteiger partial charge in [0.1, 0.15) is 0 Å². The van der Waals surface area contributed by atoms with Gasteiger partial charge in [-0.1, -0.05) is 26.3 Å². The summed E-state index contributed by atoms with van der Waals surface area (Å²) < 4.78 is 18.7. The smallest absolute Gasteiger partial charge is 0.192 e. The average Bonchev–Trinajstić information content (AvgIpc) is 2.68. The molecule has 0 aromatic heterocycles. The molecule has 1 unspecified atom stereocenters. The van der Waals surface area contributed by atoms with Crippen molar-refractivity contribution in [1.82, 2.24) is 0 Å². The van der Waals surface area contributed by atoms with Crippen LogP contribution in [0, 0.1) is 17.8 Å². The van der Waals surface area contributed by atoms with E-state index in [0.717, 1.165) is 25.7 Å². The highest BCUT2D eigenvalue weighted by Gasteiger charge is 2.64. The maximum atomic E-state index is 12.7. The molecule has 4 nitrogen and oxygen atoms in total. The molecule has 2 bridgehead atoms. The molecule has 0 aromatic rings. The van der Waals surface area contributed by atoms with Crippen molar-refractivity contribution in [2.24, 2.45) is 17.8 Å². The minimum Gasteiger partial charge on any atom is -0.414 e. The van der Waals surface area contributed by atoms with Gasteiger partial charge in [-0.2, -0.15) is 0 Å². The highest BCUT2D eigenvalue weighted by molar-refractivity contribution is 6.74. The third-order valence-electron chi connectivity index (χ3n) is 7.25. The maximum Gasteiger partial charge on any atom is 0.192 e. The van der Waals surface area contributed by atoms with E-state index in [-0.39, 0.29) is 28.8 Å². The Hall–Kier alpha value is -0.493. The van der Waals surface area contributed by atoms with Gasteiger partial charge in [-0.15, -0.1) is 0 Å². The molecule has 0 amide bonds. The number of allylic oxidation sites excluding steroid dienone is 1. The minimum atomic E-state index is -1.87. The van der Waals surface area contributed by atoms with Crippen LogP contribution in [-0.4, -0.2) is 40.2 Å². The van der Waals surface area contributed by atoms with E-state index >= 15 is 0 Å². The standard InChI is InChI=1S/C20H34O4Si/c1-19(2,3)25(6,7)24-17-10-8-9-13-11-16(21)15-12-14(17)18(13)20(15,22-4)23-5/h11,14-15,17-18H,8-10,12H2,1-7H3/t14-,15?,17+,18-/m0/s1. The van der Waals surface area contributed by atoms with Gasteiger partial charge in [0.15, 0.2) is 19.9 Å². The van der Waals surface area contributed by atoms with Crippen molar-refractivity contribution >= 4 is 14.1 Å². The van der Waals surface area contributed by atoms with Crippen LogP contribution in [0.5, 0.6) is 0 Å². The van der Waals surface area contributed by atoms with Crippen LogP contribution in [0.4, 0.5) is 0 Å². The molecule has 2 fully saturated rings. The SMILES string of the molecule is COC1(OC)C2C[C@H]3[C@H](O[Si](C)(C)C(C)(C)C)CCCC(=CC2=O)[C@@H]31. The Bertz CT molecular complexity index is 571. The molecule has 0 N–H and O–H groups in total. The van der Waals surface area contributed by atoms with Crippen LogP contribution in [0.2, 0.25) is 18.1 Å². The van der Waals surface area contributed by atoms with Crippen molar-refractivity contribution in [1.29, 1.82) is 0 Å². The second-order valence-electron chi connectivity index (χ2n) is 9.49. The van der Waals surface area contributed by atoms with E-state index in [1.807, 2.05) is 6.08 Å². The molecule has 0 radical (unpaired) electrons. The molecule has 5 heteroatoms. The largest absolute Gasteiger partial charge is 0.414 e. The summed E-state index contributed by atoms with van der Waals surface area (Å²) in [7, 11) is 1.50. The molecule has 142 valence electrons. The molecule has 3 aliphatic rings. The summed E-state index contributed by atoms with van der Waals surface area (Å²) in [6, 6.07) is 0. The van der Waals surface area contributed by atoms with Crippen molar-refractivity contribution in [2.75, 3.05) is 14.2 Å². The summed E-state index contributed by atoms with van der Waals surface area (Å²) in [5.74, 6) is -0.387. The first-order valence-electron chi connectivity index (χ1n) is 9.60. The maximum absolute atomic E-state index is 12.7. The number of ketones is 1. The molecule has 2 saturated carbocycles. The van der Waals surface area contributed by atoms with Gasteiger partial charge in [0, 0.05) is 26.2 Å². The fourth-order valence-electron chi connectivity index (χ4n) is 4.95. The number of carbonyl (C=O) groups is 1.